The Balaban J connectivity index is 1.47. The van der Waals surface area contributed by atoms with Gasteiger partial charge in [0.15, 0.2) is 0 Å². The highest BCUT2D eigenvalue weighted by molar-refractivity contribution is 7.89. The van der Waals surface area contributed by atoms with Crippen LogP contribution in [0.2, 0.25) is 0 Å². The maximum Gasteiger partial charge on any atom is 0.238 e. The lowest BCUT2D eigenvalue weighted by atomic mass is 10.00. The fourth-order valence-electron chi connectivity index (χ4n) is 3.53. The van der Waals surface area contributed by atoms with Gasteiger partial charge in [-0.15, -0.1) is 0 Å². The average molecular weight is 399 g/mol. The number of hydrazine groups is 1. The number of carbonyl (C=O) groups excluding carboxylic acids is 1. The first-order valence-electron chi connectivity index (χ1n) is 9.39. The quantitative estimate of drug-likeness (QED) is 0.664. The van der Waals surface area contributed by atoms with E-state index >= 15 is 0 Å². The van der Waals surface area contributed by atoms with E-state index in [1.54, 1.807) is 19.1 Å². The Bertz CT molecular complexity index is 781. The van der Waals surface area contributed by atoms with E-state index in [1.165, 1.54) is 10.4 Å². The van der Waals surface area contributed by atoms with Crippen molar-refractivity contribution in [1.29, 1.82) is 0 Å². The molecule has 7 nitrogen and oxygen atoms in total. The monoisotopic (exact) mass is 398 g/mol. The van der Waals surface area contributed by atoms with Crippen LogP contribution in [0.4, 0.5) is 4.39 Å². The molecule has 0 saturated carbocycles. The van der Waals surface area contributed by atoms with Gasteiger partial charge in [-0.2, -0.15) is 0 Å². The van der Waals surface area contributed by atoms with Crippen molar-refractivity contribution in [3.63, 3.8) is 0 Å². The summed E-state index contributed by atoms with van der Waals surface area (Å²) in [6, 6.07) is 4.33. The number of hydrogen-bond acceptors (Lipinski definition) is 5. The number of nitrogens with zero attached hydrogens (tertiary/aromatic N) is 1. The van der Waals surface area contributed by atoms with Crippen molar-refractivity contribution in [3.8, 4) is 0 Å². The molecule has 2 atom stereocenters. The van der Waals surface area contributed by atoms with E-state index in [4.69, 9.17) is 0 Å². The molecule has 0 spiro atoms. The van der Waals surface area contributed by atoms with Crippen LogP contribution < -0.4 is 16.2 Å². The molecular weight excluding hydrogens is 371 g/mol. The van der Waals surface area contributed by atoms with Gasteiger partial charge < -0.3 is 5.32 Å². The Morgan fingerprint density at radius 3 is 2.70 bits per heavy atom. The Hall–Kier alpha value is -1.55. The van der Waals surface area contributed by atoms with Gasteiger partial charge in [-0.05, 0) is 43.4 Å². The number of aryl methyl sites for hydroxylation is 1. The van der Waals surface area contributed by atoms with E-state index < -0.39 is 16.1 Å². The summed E-state index contributed by atoms with van der Waals surface area (Å²) in [7, 11) is -3.32. The van der Waals surface area contributed by atoms with Gasteiger partial charge in [-0.3, -0.25) is 4.79 Å². The lowest BCUT2D eigenvalue weighted by molar-refractivity contribution is -0.122. The van der Waals surface area contributed by atoms with Crippen LogP contribution in [0.1, 0.15) is 42.9 Å². The van der Waals surface area contributed by atoms with E-state index in [0.717, 1.165) is 24.8 Å². The molecule has 0 bridgehead atoms. The third-order valence-electron chi connectivity index (χ3n) is 5.17. The highest BCUT2D eigenvalue weighted by Gasteiger charge is 2.31. The van der Waals surface area contributed by atoms with Gasteiger partial charge in [-0.1, -0.05) is 18.6 Å². The van der Waals surface area contributed by atoms with Gasteiger partial charge in [0.05, 0.1) is 5.75 Å². The van der Waals surface area contributed by atoms with Crippen LogP contribution in [0.5, 0.6) is 0 Å². The fraction of sp³-hybridized carbons (Fsp3) is 0.611. The largest absolute Gasteiger partial charge is 0.354 e. The molecule has 150 valence electrons. The maximum atomic E-state index is 13.4. The van der Waals surface area contributed by atoms with Crippen LogP contribution in [0.3, 0.4) is 0 Å². The molecule has 1 aromatic carbocycles. The first kappa shape index (κ1) is 20.2. The van der Waals surface area contributed by atoms with Gasteiger partial charge in [0.2, 0.25) is 15.9 Å². The standard InChI is InChI=1S/C18H27FN4O3S/c1-13-11-14(5-6-15(13)19)16-12-17(22-21-16)18(24)20-7-10-27(25,26)23-8-3-2-4-9-23/h5-6,11,16-17,21-22H,2-4,7-10,12H2,1H3,(H,20,24). The molecule has 2 aliphatic rings. The lowest BCUT2D eigenvalue weighted by Gasteiger charge is -2.25. The minimum absolute atomic E-state index is 0.0839. The van der Waals surface area contributed by atoms with Crippen LogP contribution in [0.25, 0.3) is 0 Å². The molecule has 2 heterocycles. The second kappa shape index (κ2) is 8.64. The van der Waals surface area contributed by atoms with Crippen LogP contribution in [-0.2, 0) is 14.8 Å². The average Bonchev–Trinajstić information content (AvgIpc) is 3.15. The fourth-order valence-corrected chi connectivity index (χ4v) is 4.96. The predicted molar refractivity (Wildman–Crippen MR) is 101 cm³/mol. The summed E-state index contributed by atoms with van der Waals surface area (Å²) in [5.74, 6) is -0.578. The van der Waals surface area contributed by atoms with Gasteiger partial charge >= 0.3 is 0 Å². The third kappa shape index (κ3) is 5.04. The van der Waals surface area contributed by atoms with Crippen molar-refractivity contribution >= 4 is 15.9 Å². The molecule has 27 heavy (non-hydrogen) atoms. The van der Waals surface area contributed by atoms with Crippen LogP contribution >= 0.6 is 0 Å². The molecule has 9 heteroatoms. The van der Waals surface area contributed by atoms with E-state index in [9.17, 15) is 17.6 Å². The van der Waals surface area contributed by atoms with E-state index in [1.807, 2.05) is 0 Å². The molecule has 3 N–H and O–H groups in total. The number of carbonyl (C=O) groups is 1. The van der Waals surface area contributed by atoms with Gasteiger partial charge in [0.1, 0.15) is 11.9 Å². The lowest BCUT2D eigenvalue weighted by Crippen LogP contribution is -2.45. The van der Waals surface area contributed by atoms with Crippen molar-refractivity contribution in [2.45, 2.75) is 44.7 Å². The molecule has 0 aromatic heterocycles. The molecule has 1 aromatic rings. The first-order valence-corrected chi connectivity index (χ1v) is 11.0. The zero-order valence-corrected chi connectivity index (χ0v) is 16.3. The van der Waals surface area contributed by atoms with Crippen LogP contribution in [-0.4, -0.2) is 50.1 Å². The summed E-state index contributed by atoms with van der Waals surface area (Å²) in [6.45, 7) is 2.94. The Kier molecular flexibility index (Phi) is 6.46. The number of halogens is 1. The summed E-state index contributed by atoms with van der Waals surface area (Å²) in [5, 5.41) is 2.71. The summed E-state index contributed by atoms with van der Waals surface area (Å²) >= 11 is 0. The number of rotatable bonds is 6. The third-order valence-corrected chi connectivity index (χ3v) is 7.04. The number of amides is 1. The highest BCUT2D eigenvalue weighted by atomic mass is 32.2. The normalized spacial score (nSPS) is 24.1. The van der Waals surface area contributed by atoms with Gasteiger partial charge in [0.25, 0.3) is 0 Å². The minimum atomic E-state index is -3.32. The van der Waals surface area contributed by atoms with Crippen LogP contribution in [0.15, 0.2) is 18.2 Å². The first-order chi connectivity index (χ1) is 12.9. The van der Waals surface area contributed by atoms with Crippen molar-refractivity contribution in [3.05, 3.63) is 35.1 Å². The Labute approximate surface area is 159 Å². The second-order valence-electron chi connectivity index (χ2n) is 7.20. The smallest absolute Gasteiger partial charge is 0.238 e. The summed E-state index contributed by atoms with van der Waals surface area (Å²) in [5.41, 5.74) is 7.45. The van der Waals surface area contributed by atoms with E-state index in [0.29, 0.717) is 25.1 Å². The number of hydrogen-bond donors (Lipinski definition) is 3. The van der Waals surface area contributed by atoms with Crippen molar-refractivity contribution in [1.82, 2.24) is 20.5 Å². The highest BCUT2D eigenvalue weighted by Crippen LogP contribution is 2.24. The molecule has 3 rings (SSSR count). The molecule has 0 aliphatic carbocycles. The zero-order chi connectivity index (χ0) is 19.4. The zero-order valence-electron chi connectivity index (χ0n) is 15.5. The number of nitrogens with one attached hydrogen (secondary N) is 3. The second-order valence-corrected chi connectivity index (χ2v) is 9.29. The Morgan fingerprint density at radius 1 is 1.26 bits per heavy atom. The molecule has 2 aliphatic heterocycles. The molecule has 1 amide bonds. The number of sulfonamides is 1. The molecule has 2 fully saturated rings. The van der Waals surface area contributed by atoms with Crippen molar-refractivity contribution in [2.24, 2.45) is 0 Å². The molecule has 2 saturated heterocycles. The van der Waals surface area contributed by atoms with Crippen molar-refractivity contribution in [2.75, 3.05) is 25.4 Å². The van der Waals surface area contributed by atoms with Gasteiger partial charge in [-0.25, -0.2) is 28.0 Å². The number of benzene rings is 1. The topological polar surface area (TPSA) is 90.5 Å². The molecular formula is C18H27FN4O3S. The predicted octanol–water partition coefficient (Wildman–Crippen LogP) is 0.974. The summed E-state index contributed by atoms with van der Waals surface area (Å²) < 4.78 is 39.5. The van der Waals surface area contributed by atoms with Crippen molar-refractivity contribution < 1.29 is 17.6 Å². The number of piperidine rings is 1. The van der Waals surface area contributed by atoms with Gasteiger partial charge in [0, 0.05) is 25.7 Å². The van der Waals surface area contributed by atoms with Crippen LogP contribution in [0, 0.1) is 12.7 Å². The molecule has 2 unspecified atom stereocenters. The SMILES string of the molecule is Cc1cc(C2CC(C(=O)NCCS(=O)(=O)N3CCCCC3)NN2)ccc1F. The maximum absolute atomic E-state index is 13.4. The van der Waals surface area contributed by atoms with E-state index in [2.05, 4.69) is 16.2 Å². The Morgan fingerprint density at radius 2 is 2.00 bits per heavy atom. The molecule has 0 radical (unpaired) electrons. The summed E-state index contributed by atoms with van der Waals surface area (Å²) in [6.07, 6.45) is 3.37. The van der Waals surface area contributed by atoms with E-state index in [-0.39, 0.29) is 30.1 Å². The minimum Gasteiger partial charge on any atom is -0.354 e. The summed E-state index contributed by atoms with van der Waals surface area (Å²) in [4.78, 5) is 12.3.